The van der Waals surface area contributed by atoms with Crippen LogP contribution in [0.3, 0.4) is 0 Å². The smallest absolute Gasteiger partial charge is 0.115 e. The lowest BCUT2D eigenvalue weighted by Crippen LogP contribution is -2.00. The van der Waals surface area contributed by atoms with Gasteiger partial charge in [0.25, 0.3) is 0 Å². The van der Waals surface area contributed by atoms with Gasteiger partial charge in [-0.05, 0) is 35.3 Å². The van der Waals surface area contributed by atoms with Crippen LogP contribution in [0.15, 0.2) is 24.3 Å². The Morgan fingerprint density at radius 3 is 3.00 bits per heavy atom. The molecule has 0 spiro atoms. The summed E-state index contributed by atoms with van der Waals surface area (Å²) in [5.74, 6) is 0.334. The first-order chi connectivity index (χ1) is 5.81. The van der Waals surface area contributed by atoms with Gasteiger partial charge in [-0.3, -0.25) is 0 Å². The molecule has 3 N–H and O–H groups in total. The molecule has 0 bridgehead atoms. The molecular weight excluding hydrogens is 150 g/mol. The molecule has 12 heavy (non-hydrogen) atoms. The maximum absolute atomic E-state index is 9.20. The van der Waals surface area contributed by atoms with Gasteiger partial charge in [-0.25, -0.2) is 0 Å². The molecule has 0 saturated heterocycles. The van der Waals surface area contributed by atoms with E-state index in [9.17, 15) is 5.11 Å². The predicted molar refractivity (Wildman–Crippen MR) is 48.8 cm³/mol. The Kier molecular flexibility index (Phi) is 1.62. The second kappa shape index (κ2) is 2.64. The second-order valence-electron chi connectivity index (χ2n) is 2.98. The minimum atomic E-state index is 0.334. The first kappa shape index (κ1) is 7.37. The molecule has 0 aliphatic heterocycles. The minimum absolute atomic E-state index is 0.334. The van der Waals surface area contributed by atoms with Crippen molar-refractivity contribution in [2.45, 2.75) is 6.42 Å². The molecule has 62 valence electrons. The SMILES string of the molecule is NCC1=CCc2cc(O)ccc21. The molecule has 0 heterocycles. The highest BCUT2D eigenvalue weighted by molar-refractivity contribution is 5.74. The molecule has 0 fully saturated rings. The van der Waals surface area contributed by atoms with E-state index < -0.39 is 0 Å². The van der Waals surface area contributed by atoms with Crippen LogP contribution in [0.25, 0.3) is 5.57 Å². The number of phenols is 1. The number of allylic oxidation sites excluding steroid dienone is 1. The fraction of sp³-hybridized carbons (Fsp3) is 0.200. The molecule has 0 radical (unpaired) electrons. The van der Waals surface area contributed by atoms with Gasteiger partial charge in [-0.15, -0.1) is 0 Å². The molecule has 1 aromatic carbocycles. The van der Waals surface area contributed by atoms with E-state index in [0.29, 0.717) is 12.3 Å². The van der Waals surface area contributed by atoms with E-state index in [1.807, 2.05) is 6.07 Å². The highest BCUT2D eigenvalue weighted by Crippen LogP contribution is 2.28. The Hall–Kier alpha value is -1.28. The van der Waals surface area contributed by atoms with Crippen molar-refractivity contribution < 1.29 is 5.11 Å². The third-order valence-electron chi connectivity index (χ3n) is 2.22. The van der Waals surface area contributed by atoms with Gasteiger partial charge in [0.05, 0.1) is 0 Å². The number of nitrogens with two attached hydrogens (primary N) is 1. The molecule has 1 aliphatic rings. The Morgan fingerprint density at radius 2 is 2.25 bits per heavy atom. The summed E-state index contributed by atoms with van der Waals surface area (Å²) in [7, 11) is 0. The third kappa shape index (κ3) is 1.01. The fourth-order valence-electron chi connectivity index (χ4n) is 1.60. The molecule has 2 nitrogen and oxygen atoms in total. The maximum atomic E-state index is 9.20. The topological polar surface area (TPSA) is 46.2 Å². The van der Waals surface area contributed by atoms with Crippen molar-refractivity contribution in [3.8, 4) is 5.75 Å². The molecule has 2 rings (SSSR count). The number of aromatic hydroxyl groups is 1. The lowest BCUT2D eigenvalue weighted by molar-refractivity contribution is 0.474. The first-order valence-electron chi connectivity index (χ1n) is 4.02. The summed E-state index contributed by atoms with van der Waals surface area (Å²) < 4.78 is 0. The van der Waals surface area contributed by atoms with Crippen LogP contribution in [-0.4, -0.2) is 11.7 Å². The molecule has 2 heteroatoms. The fourth-order valence-corrected chi connectivity index (χ4v) is 1.60. The normalized spacial score (nSPS) is 14.2. The Balaban J connectivity index is 2.47. The number of phenolic OH excluding ortho intramolecular Hbond substituents is 1. The Labute approximate surface area is 71.3 Å². The Morgan fingerprint density at radius 1 is 1.42 bits per heavy atom. The zero-order chi connectivity index (χ0) is 8.55. The molecule has 1 aromatic rings. The number of rotatable bonds is 1. The van der Waals surface area contributed by atoms with Crippen LogP contribution in [0, 0.1) is 0 Å². The van der Waals surface area contributed by atoms with Gasteiger partial charge < -0.3 is 10.8 Å². The molecule has 0 saturated carbocycles. The highest BCUT2D eigenvalue weighted by atomic mass is 16.3. The van der Waals surface area contributed by atoms with E-state index >= 15 is 0 Å². The number of fused-ring (bicyclic) bond motifs is 1. The predicted octanol–water partition coefficient (Wildman–Crippen LogP) is 1.29. The third-order valence-corrected chi connectivity index (χ3v) is 2.22. The van der Waals surface area contributed by atoms with Gasteiger partial charge in [0, 0.05) is 6.54 Å². The standard InChI is InChI=1S/C10H11NO/c11-6-8-2-1-7-5-9(12)3-4-10(7)8/h2-5,12H,1,6,11H2. The summed E-state index contributed by atoms with van der Waals surface area (Å²) >= 11 is 0. The molecule has 1 aliphatic carbocycles. The molecule has 0 unspecified atom stereocenters. The minimum Gasteiger partial charge on any atom is -0.508 e. The molecule has 0 aromatic heterocycles. The van der Waals surface area contributed by atoms with Gasteiger partial charge in [0.1, 0.15) is 5.75 Å². The monoisotopic (exact) mass is 161 g/mol. The van der Waals surface area contributed by atoms with Crippen LogP contribution < -0.4 is 5.73 Å². The van der Waals surface area contributed by atoms with Crippen molar-refractivity contribution in [3.05, 3.63) is 35.4 Å². The van der Waals surface area contributed by atoms with Gasteiger partial charge >= 0.3 is 0 Å². The first-order valence-corrected chi connectivity index (χ1v) is 4.02. The average Bonchev–Trinajstić information content (AvgIpc) is 2.46. The van der Waals surface area contributed by atoms with Crippen molar-refractivity contribution in [3.63, 3.8) is 0 Å². The van der Waals surface area contributed by atoms with Gasteiger partial charge in [0.15, 0.2) is 0 Å². The van der Waals surface area contributed by atoms with Crippen molar-refractivity contribution in [1.82, 2.24) is 0 Å². The van der Waals surface area contributed by atoms with Gasteiger partial charge in [-0.1, -0.05) is 12.1 Å². The van der Waals surface area contributed by atoms with E-state index in [-0.39, 0.29) is 0 Å². The van der Waals surface area contributed by atoms with E-state index in [1.165, 1.54) is 16.7 Å². The van der Waals surface area contributed by atoms with Crippen molar-refractivity contribution >= 4 is 5.57 Å². The second-order valence-corrected chi connectivity index (χ2v) is 2.98. The summed E-state index contributed by atoms with van der Waals surface area (Å²) in [5.41, 5.74) is 9.11. The van der Waals surface area contributed by atoms with Crippen LogP contribution >= 0.6 is 0 Å². The van der Waals surface area contributed by atoms with Gasteiger partial charge in [0.2, 0.25) is 0 Å². The van der Waals surface area contributed by atoms with Crippen LogP contribution in [0.5, 0.6) is 5.75 Å². The Bertz CT molecular complexity index is 342. The average molecular weight is 161 g/mol. The van der Waals surface area contributed by atoms with Crippen molar-refractivity contribution in [1.29, 1.82) is 0 Å². The van der Waals surface area contributed by atoms with E-state index in [2.05, 4.69) is 6.08 Å². The summed E-state index contributed by atoms with van der Waals surface area (Å²) in [6, 6.07) is 5.43. The van der Waals surface area contributed by atoms with Crippen LogP contribution in [-0.2, 0) is 6.42 Å². The van der Waals surface area contributed by atoms with Crippen LogP contribution in [0.4, 0.5) is 0 Å². The van der Waals surface area contributed by atoms with Crippen molar-refractivity contribution in [2.24, 2.45) is 5.73 Å². The molecule has 0 atom stereocenters. The summed E-state index contributed by atoms with van der Waals surface area (Å²) in [6.07, 6.45) is 3.01. The van der Waals surface area contributed by atoms with Gasteiger partial charge in [-0.2, -0.15) is 0 Å². The highest BCUT2D eigenvalue weighted by Gasteiger charge is 2.12. The molecular formula is C10H11NO. The summed E-state index contributed by atoms with van der Waals surface area (Å²) in [4.78, 5) is 0. The summed E-state index contributed by atoms with van der Waals surface area (Å²) in [6.45, 7) is 0.581. The number of hydrogen-bond acceptors (Lipinski definition) is 2. The van der Waals surface area contributed by atoms with E-state index in [1.54, 1.807) is 12.1 Å². The van der Waals surface area contributed by atoms with Crippen molar-refractivity contribution in [2.75, 3.05) is 6.54 Å². The lowest BCUT2D eigenvalue weighted by Gasteiger charge is -2.02. The largest absolute Gasteiger partial charge is 0.508 e. The van der Waals surface area contributed by atoms with E-state index in [0.717, 1.165) is 6.42 Å². The molecule has 0 amide bonds. The summed E-state index contributed by atoms with van der Waals surface area (Å²) in [5, 5.41) is 9.20. The maximum Gasteiger partial charge on any atom is 0.115 e. The number of benzene rings is 1. The lowest BCUT2D eigenvalue weighted by atomic mass is 10.1. The zero-order valence-electron chi connectivity index (χ0n) is 6.75. The quantitative estimate of drug-likeness (QED) is 0.652. The van der Waals surface area contributed by atoms with Crippen LogP contribution in [0.2, 0.25) is 0 Å². The number of hydrogen-bond donors (Lipinski definition) is 2. The van der Waals surface area contributed by atoms with Crippen LogP contribution in [0.1, 0.15) is 11.1 Å². The zero-order valence-corrected chi connectivity index (χ0v) is 6.75. The van der Waals surface area contributed by atoms with E-state index in [4.69, 9.17) is 5.73 Å².